The average molecular weight is 1230 g/mol. The van der Waals surface area contributed by atoms with E-state index in [4.69, 9.17) is 15.0 Å². The molecule has 0 N–H and O–H groups in total. The van der Waals surface area contributed by atoms with E-state index < -0.39 is 5.41 Å². The number of nitrogens with zero attached hydrogens (tertiary/aromatic N) is 3. The standard InChI is InChI=1S/C94H61N3/c1-3-19-62(20-4-1)70-23-13-25-72(55-70)64-41-47-67(48-42-64)91-95-92(68-49-43-65(44-50-68)73-26-15-29-76(57-73)75-28-14-24-71(56-75)63-21-5-2-6-22-63)97-93(96-91)69-51-45-66(46-52-69)74-27-16-30-77(58-74)78-31-17-32-79(59-78)80-33-18-34-81(60-80)82-53-54-86-85-37-9-12-40-89(85)94(90(86)61-82)87-38-10-7-35-83(87)84-36-8-11-39-88(84)94/h1-61H. The predicted octanol–water partition coefficient (Wildman–Crippen LogP) is 24.2. The minimum atomic E-state index is -0.393. The highest BCUT2D eigenvalue weighted by atomic mass is 15.0. The molecule has 3 heteroatoms. The zero-order chi connectivity index (χ0) is 64.2. The molecule has 2 aliphatic rings. The summed E-state index contributed by atoms with van der Waals surface area (Å²) in [6.07, 6.45) is 0. The molecule has 0 fully saturated rings. The zero-order valence-corrected chi connectivity index (χ0v) is 53.1. The van der Waals surface area contributed by atoms with Crippen molar-refractivity contribution >= 4 is 0 Å². The molecule has 0 saturated carbocycles. The van der Waals surface area contributed by atoms with E-state index in [1.165, 1.54) is 94.6 Å². The summed E-state index contributed by atoms with van der Waals surface area (Å²) in [5.41, 5.74) is 33.9. The number of fused-ring (bicyclic) bond motifs is 10. The van der Waals surface area contributed by atoms with Crippen molar-refractivity contribution in [3.8, 4) is 157 Å². The quantitative estimate of drug-likeness (QED) is 0.122. The normalized spacial score (nSPS) is 12.2. The van der Waals surface area contributed by atoms with Crippen molar-refractivity contribution in [3.63, 3.8) is 0 Å². The first-order valence-electron chi connectivity index (χ1n) is 33.3. The van der Waals surface area contributed by atoms with Crippen molar-refractivity contribution in [2.24, 2.45) is 0 Å². The lowest BCUT2D eigenvalue weighted by molar-refractivity contribution is 0.794. The summed E-state index contributed by atoms with van der Waals surface area (Å²) in [6, 6.07) is 134. The molecule has 2 aliphatic carbocycles. The minimum Gasteiger partial charge on any atom is -0.208 e. The summed E-state index contributed by atoms with van der Waals surface area (Å²) in [6.45, 7) is 0. The zero-order valence-electron chi connectivity index (χ0n) is 53.1. The van der Waals surface area contributed by atoms with Crippen LogP contribution < -0.4 is 0 Å². The molecule has 452 valence electrons. The SMILES string of the molecule is c1ccc(-c2cccc(-c3ccc(-c4nc(-c5ccc(-c6cccc(-c7cccc(-c8ccccc8)c7)c6)cc5)nc(-c5ccc(-c6cccc(-c7cccc(-c8cccc(-c9ccc%10c(c9)C9(c%11ccccc%11-c%11ccccc%119)c9ccccc9-%10)c8)c7)c6)cc5)n4)cc3)c2)cc1. The Kier molecular flexibility index (Phi) is 14.1. The summed E-state index contributed by atoms with van der Waals surface area (Å²) in [7, 11) is 0. The molecule has 0 aliphatic heterocycles. The van der Waals surface area contributed by atoms with E-state index in [9.17, 15) is 0 Å². The first kappa shape index (κ1) is 57.0. The van der Waals surface area contributed by atoms with Gasteiger partial charge in [-0.1, -0.05) is 328 Å². The van der Waals surface area contributed by atoms with Gasteiger partial charge >= 0.3 is 0 Å². The molecule has 0 unspecified atom stereocenters. The number of hydrogen-bond donors (Lipinski definition) is 0. The van der Waals surface area contributed by atoms with Gasteiger partial charge in [0.1, 0.15) is 0 Å². The van der Waals surface area contributed by atoms with Gasteiger partial charge < -0.3 is 0 Å². The van der Waals surface area contributed by atoms with Crippen molar-refractivity contribution in [2.45, 2.75) is 5.41 Å². The van der Waals surface area contributed by atoms with Gasteiger partial charge in [-0.05, 0) is 187 Å². The van der Waals surface area contributed by atoms with Crippen LogP contribution in [-0.4, -0.2) is 15.0 Å². The molecule has 0 saturated heterocycles. The Balaban J connectivity index is 0.642. The second-order valence-corrected chi connectivity index (χ2v) is 25.4. The Morgan fingerprint density at radius 3 is 0.619 bits per heavy atom. The first-order chi connectivity index (χ1) is 48.0. The molecule has 0 amide bonds. The predicted molar refractivity (Wildman–Crippen MR) is 401 cm³/mol. The molecule has 1 heterocycles. The topological polar surface area (TPSA) is 38.7 Å². The maximum Gasteiger partial charge on any atom is 0.164 e. The fraction of sp³-hybridized carbons (Fsp3) is 0.0106. The van der Waals surface area contributed by atoms with Crippen molar-refractivity contribution in [3.05, 3.63) is 392 Å². The van der Waals surface area contributed by atoms with Crippen LogP contribution in [0.15, 0.2) is 370 Å². The van der Waals surface area contributed by atoms with E-state index in [1.807, 2.05) is 0 Å². The maximum absolute atomic E-state index is 5.23. The van der Waals surface area contributed by atoms with Crippen LogP contribution in [0.4, 0.5) is 0 Å². The fourth-order valence-electron chi connectivity index (χ4n) is 15.0. The van der Waals surface area contributed by atoms with Gasteiger partial charge in [0.25, 0.3) is 0 Å². The number of aromatic nitrogens is 3. The molecule has 97 heavy (non-hydrogen) atoms. The van der Waals surface area contributed by atoms with Crippen LogP contribution in [0, 0.1) is 0 Å². The molecule has 0 bridgehead atoms. The lowest BCUT2D eigenvalue weighted by atomic mass is 9.70. The van der Waals surface area contributed by atoms with Gasteiger partial charge in [0.05, 0.1) is 5.41 Å². The molecule has 0 atom stereocenters. The van der Waals surface area contributed by atoms with Crippen LogP contribution in [0.3, 0.4) is 0 Å². The summed E-state index contributed by atoms with van der Waals surface area (Å²) < 4.78 is 0. The third-order valence-corrected chi connectivity index (χ3v) is 19.8. The van der Waals surface area contributed by atoms with Gasteiger partial charge in [-0.25, -0.2) is 15.0 Å². The van der Waals surface area contributed by atoms with Crippen LogP contribution in [0.2, 0.25) is 0 Å². The summed E-state index contributed by atoms with van der Waals surface area (Å²) >= 11 is 0. The monoisotopic (exact) mass is 1230 g/mol. The Hall–Kier alpha value is -12.7. The molecule has 1 spiro atoms. The Morgan fingerprint density at radius 1 is 0.134 bits per heavy atom. The van der Waals surface area contributed by atoms with E-state index in [1.54, 1.807) is 0 Å². The largest absolute Gasteiger partial charge is 0.208 e. The maximum atomic E-state index is 5.23. The van der Waals surface area contributed by atoms with Gasteiger partial charge in [-0.2, -0.15) is 0 Å². The van der Waals surface area contributed by atoms with Gasteiger partial charge in [0.15, 0.2) is 17.5 Å². The number of hydrogen-bond acceptors (Lipinski definition) is 3. The molecular formula is C94H61N3. The highest BCUT2D eigenvalue weighted by Gasteiger charge is 2.51. The summed E-state index contributed by atoms with van der Waals surface area (Å²) in [5, 5.41) is 0. The van der Waals surface area contributed by atoms with Crippen molar-refractivity contribution in [1.82, 2.24) is 15.0 Å². The smallest absolute Gasteiger partial charge is 0.164 e. The summed E-state index contributed by atoms with van der Waals surface area (Å²) in [4.78, 5) is 15.7. The molecular weight excluding hydrogens is 1170 g/mol. The molecule has 16 aromatic rings. The van der Waals surface area contributed by atoms with Gasteiger partial charge in [-0.3, -0.25) is 0 Å². The van der Waals surface area contributed by atoms with Crippen LogP contribution in [-0.2, 0) is 5.41 Å². The molecule has 18 rings (SSSR count). The Morgan fingerprint density at radius 2 is 0.330 bits per heavy atom. The van der Waals surface area contributed by atoms with E-state index >= 15 is 0 Å². The van der Waals surface area contributed by atoms with Crippen LogP contribution in [0.1, 0.15) is 22.3 Å². The second kappa shape index (κ2) is 24.0. The molecule has 1 aromatic heterocycles. The fourth-order valence-corrected chi connectivity index (χ4v) is 15.0. The van der Waals surface area contributed by atoms with E-state index in [0.29, 0.717) is 17.5 Å². The van der Waals surface area contributed by atoms with Crippen molar-refractivity contribution in [1.29, 1.82) is 0 Å². The van der Waals surface area contributed by atoms with Crippen molar-refractivity contribution in [2.75, 3.05) is 0 Å². The van der Waals surface area contributed by atoms with Gasteiger partial charge in [0, 0.05) is 16.7 Å². The molecule has 3 nitrogen and oxygen atoms in total. The molecule has 15 aromatic carbocycles. The van der Waals surface area contributed by atoms with Crippen molar-refractivity contribution < 1.29 is 0 Å². The van der Waals surface area contributed by atoms with Crippen LogP contribution in [0.25, 0.3) is 157 Å². The van der Waals surface area contributed by atoms with Crippen LogP contribution >= 0.6 is 0 Å². The number of rotatable bonds is 12. The van der Waals surface area contributed by atoms with Gasteiger partial charge in [0.2, 0.25) is 0 Å². The molecule has 0 radical (unpaired) electrons. The minimum absolute atomic E-state index is 0.393. The lowest BCUT2D eigenvalue weighted by Gasteiger charge is -2.30. The highest BCUT2D eigenvalue weighted by molar-refractivity contribution is 5.96. The van der Waals surface area contributed by atoms with E-state index in [-0.39, 0.29) is 0 Å². The second-order valence-electron chi connectivity index (χ2n) is 25.4. The highest BCUT2D eigenvalue weighted by Crippen LogP contribution is 2.63. The lowest BCUT2D eigenvalue weighted by Crippen LogP contribution is -2.25. The van der Waals surface area contributed by atoms with Crippen LogP contribution in [0.5, 0.6) is 0 Å². The third kappa shape index (κ3) is 10.3. The van der Waals surface area contributed by atoms with Gasteiger partial charge in [-0.15, -0.1) is 0 Å². The average Bonchev–Trinajstić information content (AvgIpc) is 1.51. The number of benzene rings is 15. The summed E-state index contributed by atoms with van der Waals surface area (Å²) in [5.74, 6) is 1.81. The third-order valence-electron chi connectivity index (χ3n) is 19.8. The first-order valence-corrected chi connectivity index (χ1v) is 33.3. The Bertz CT molecular complexity index is 5610. The Labute approximate surface area is 565 Å². The van der Waals surface area contributed by atoms with E-state index in [2.05, 4.69) is 370 Å². The van der Waals surface area contributed by atoms with E-state index in [0.717, 1.165) is 66.8 Å².